The zero-order valence-electron chi connectivity index (χ0n) is 17.9. The summed E-state index contributed by atoms with van der Waals surface area (Å²) >= 11 is 1.39. The highest BCUT2D eigenvalue weighted by Gasteiger charge is 2.28. The minimum absolute atomic E-state index is 0.0188. The molecule has 1 aromatic carbocycles. The van der Waals surface area contributed by atoms with Gasteiger partial charge in [-0.15, -0.1) is 0 Å². The fourth-order valence-electron chi connectivity index (χ4n) is 4.07. The van der Waals surface area contributed by atoms with Crippen molar-refractivity contribution in [2.75, 3.05) is 5.75 Å². The minimum atomic E-state index is -3.79. The lowest BCUT2D eigenvalue weighted by Crippen LogP contribution is -2.44. The molecule has 0 aliphatic heterocycles. The van der Waals surface area contributed by atoms with Gasteiger partial charge in [-0.3, -0.25) is 4.79 Å². The molecule has 0 unspecified atom stereocenters. The Morgan fingerprint density at radius 3 is 2.80 bits per heavy atom. The quantitative estimate of drug-likeness (QED) is 0.596. The standard InChI is InChI=1S/C21H32N4O3S2/c1-4-5-11-25-19-10-9-16(30(22,27)28)12-18(19)24-21(25)29-13-20(26)23-17-8-6-7-14(2)15(17)3/h9-10,12,14-15,17H,4-8,11,13H2,1-3H3,(H,23,26)(H2,22,27,28)/t14-,15-,17-/m0/s1. The Morgan fingerprint density at radius 1 is 1.33 bits per heavy atom. The molecule has 0 spiro atoms. The van der Waals surface area contributed by atoms with E-state index in [1.165, 1.54) is 30.3 Å². The number of rotatable bonds is 8. The number of carbonyl (C=O) groups is 1. The Hall–Kier alpha value is -1.58. The predicted octanol–water partition coefficient (Wildman–Crippen LogP) is 3.52. The lowest BCUT2D eigenvalue weighted by Gasteiger charge is -2.34. The number of thioether (sulfide) groups is 1. The zero-order valence-corrected chi connectivity index (χ0v) is 19.6. The van der Waals surface area contributed by atoms with Gasteiger partial charge >= 0.3 is 0 Å². The number of aryl methyl sites for hydroxylation is 1. The molecule has 3 rings (SSSR count). The Labute approximate surface area is 183 Å². The van der Waals surface area contributed by atoms with Gasteiger partial charge in [0.1, 0.15) is 0 Å². The van der Waals surface area contributed by atoms with Crippen LogP contribution in [-0.2, 0) is 21.4 Å². The van der Waals surface area contributed by atoms with Crippen molar-refractivity contribution in [2.45, 2.75) is 75.5 Å². The summed E-state index contributed by atoms with van der Waals surface area (Å²) in [6.07, 6.45) is 5.41. The van der Waals surface area contributed by atoms with Crippen molar-refractivity contribution < 1.29 is 13.2 Å². The lowest BCUT2D eigenvalue weighted by atomic mass is 9.78. The predicted molar refractivity (Wildman–Crippen MR) is 121 cm³/mol. The van der Waals surface area contributed by atoms with E-state index in [-0.39, 0.29) is 22.6 Å². The first-order valence-corrected chi connectivity index (χ1v) is 13.2. The first-order valence-electron chi connectivity index (χ1n) is 10.7. The fourth-order valence-corrected chi connectivity index (χ4v) is 5.46. The summed E-state index contributed by atoms with van der Waals surface area (Å²) in [6.45, 7) is 7.35. The van der Waals surface area contributed by atoms with Gasteiger partial charge in [0.05, 0.1) is 21.7 Å². The maximum absolute atomic E-state index is 12.6. The number of primary sulfonamides is 1. The van der Waals surface area contributed by atoms with Crippen LogP contribution in [0.3, 0.4) is 0 Å². The van der Waals surface area contributed by atoms with Crippen LogP contribution in [0, 0.1) is 11.8 Å². The van der Waals surface area contributed by atoms with E-state index >= 15 is 0 Å². The van der Waals surface area contributed by atoms with Gasteiger partial charge in [0.15, 0.2) is 5.16 Å². The SMILES string of the molecule is CCCCn1c(SCC(=O)N[C@H]2CCC[C@H](C)[C@@H]2C)nc2cc(S(N)(=O)=O)ccc21. The Bertz CT molecular complexity index is 1000. The Balaban J connectivity index is 1.76. The van der Waals surface area contributed by atoms with Gasteiger partial charge in [-0.05, 0) is 42.9 Å². The van der Waals surface area contributed by atoms with E-state index in [4.69, 9.17) is 5.14 Å². The minimum Gasteiger partial charge on any atom is -0.352 e. The smallest absolute Gasteiger partial charge is 0.238 e. The molecule has 1 aliphatic rings. The van der Waals surface area contributed by atoms with E-state index in [1.807, 2.05) is 0 Å². The summed E-state index contributed by atoms with van der Waals surface area (Å²) in [5, 5.41) is 9.19. The number of nitrogens with zero attached hydrogens (tertiary/aromatic N) is 2. The Morgan fingerprint density at radius 2 is 2.10 bits per heavy atom. The van der Waals surface area contributed by atoms with Crippen LogP contribution in [0.5, 0.6) is 0 Å². The number of hydrogen-bond donors (Lipinski definition) is 2. The maximum Gasteiger partial charge on any atom is 0.238 e. The molecule has 1 heterocycles. The van der Waals surface area contributed by atoms with E-state index in [0.717, 1.165) is 42.9 Å². The highest BCUT2D eigenvalue weighted by molar-refractivity contribution is 7.99. The highest BCUT2D eigenvalue weighted by Crippen LogP contribution is 2.30. The van der Waals surface area contributed by atoms with Crippen LogP contribution >= 0.6 is 11.8 Å². The number of sulfonamides is 1. The van der Waals surface area contributed by atoms with Crippen molar-refractivity contribution >= 4 is 38.7 Å². The molecule has 3 atom stereocenters. The average Bonchev–Trinajstić information content (AvgIpc) is 3.04. The summed E-state index contributed by atoms with van der Waals surface area (Å²) in [6, 6.07) is 4.99. The van der Waals surface area contributed by atoms with Crippen molar-refractivity contribution in [3.63, 3.8) is 0 Å². The number of aromatic nitrogens is 2. The van der Waals surface area contributed by atoms with Crippen molar-refractivity contribution in [2.24, 2.45) is 17.0 Å². The van der Waals surface area contributed by atoms with Crippen molar-refractivity contribution in [3.05, 3.63) is 18.2 Å². The third-order valence-corrected chi connectivity index (χ3v) is 8.02. The monoisotopic (exact) mass is 452 g/mol. The molecule has 1 fully saturated rings. The number of benzene rings is 1. The molecule has 0 saturated heterocycles. The molecule has 0 radical (unpaired) electrons. The molecule has 0 bridgehead atoms. The number of nitrogens with two attached hydrogens (primary N) is 1. The molecule has 166 valence electrons. The van der Waals surface area contributed by atoms with Gasteiger partial charge in [-0.1, -0.05) is 51.8 Å². The number of fused-ring (bicyclic) bond motifs is 1. The van der Waals surface area contributed by atoms with E-state index in [9.17, 15) is 13.2 Å². The molecule has 1 aromatic heterocycles. The third-order valence-electron chi connectivity index (χ3n) is 6.13. The molecule has 1 aliphatic carbocycles. The topological polar surface area (TPSA) is 107 Å². The van der Waals surface area contributed by atoms with Crippen LogP contribution in [-0.4, -0.2) is 35.7 Å². The van der Waals surface area contributed by atoms with Gasteiger partial charge in [0.2, 0.25) is 15.9 Å². The molecular weight excluding hydrogens is 420 g/mol. The van der Waals surface area contributed by atoms with Crippen LogP contribution in [0.25, 0.3) is 11.0 Å². The number of amides is 1. The summed E-state index contributed by atoms with van der Waals surface area (Å²) < 4.78 is 25.4. The number of nitrogens with one attached hydrogen (secondary N) is 1. The first kappa shape index (κ1) is 23.1. The molecule has 3 N–H and O–H groups in total. The highest BCUT2D eigenvalue weighted by atomic mass is 32.2. The van der Waals surface area contributed by atoms with Crippen molar-refractivity contribution in [1.82, 2.24) is 14.9 Å². The maximum atomic E-state index is 12.6. The molecule has 1 saturated carbocycles. The fraction of sp³-hybridized carbons (Fsp3) is 0.619. The summed E-state index contributed by atoms with van der Waals surface area (Å²) in [5.41, 5.74) is 1.43. The van der Waals surface area contributed by atoms with Gasteiger partial charge in [0, 0.05) is 12.6 Å². The van der Waals surface area contributed by atoms with Crippen LogP contribution in [0.15, 0.2) is 28.3 Å². The second-order valence-corrected chi connectivity index (χ2v) is 10.8. The normalized spacial score (nSPS) is 22.3. The number of imidazole rings is 1. The third kappa shape index (κ3) is 5.36. The molecule has 7 nitrogen and oxygen atoms in total. The zero-order chi connectivity index (χ0) is 21.9. The van der Waals surface area contributed by atoms with Gasteiger partial charge < -0.3 is 9.88 Å². The molecule has 1 amide bonds. The first-order chi connectivity index (χ1) is 14.2. The number of hydrogen-bond acceptors (Lipinski definition) is 5. The van der Waals surface area contributed by atoms with E-state index in [0.29, 0.717) is 17.4 Å². The Kier molecular flexibility index (Phi) is 7.47. The summed E-state index contributed by atoms with van der Waals surface area (Å²) in [7, 11) is -3.79. The second kappa shape index (κ2) is 9.70. The average molecular weight is 453 g/mol. The second-order valence-electron chi connectivity index (χ2n) is 8.33. The number of carbonyl (C=O) groups excluding carboxylic acids is 1. The molecule has 30 heavy (non-hydrogen) atoms. The van der Waals surface area contributed by atoms with Crippen molar-refractivity contribution in [3.8, 4) is 0 Å². The lowest BCUT2D eigenvalue weighted by molar-refractivity contribution is -0.120. The van der Waals surface area contributed by atoms with Gasteiger partial charge in [-0.25, -0.2) is 18.5 Å². The largest absolute Gasteiger partial charge is 0.352 e. The van der Waals surface area contributed by atoms with Crippen LogP contribution in [0.4, 0.5) is 0 Å². The van der Waals surface area contributed by atoms with Crippen LogP contribution in [0.1, 0.15) is 52.9 Å². The molecule has 9 heteroatoms. The van der Waals surface area contributed by atoms with E-state index in [1.54, 1.807) is 6.07 Å². The summed E-state index contributed by atoms with van der Waals surface area (Å²) in [4.78, 5) is 17.3. The van der Waals surface area contributed by atoms with Crippen LogP contribution in [0.2, 0.25) is 0 Å². The van der Waals surface area contributed by atoms with E-state index in [2.05, 4.69) is 35.6 Å². The van der Waals surface area contributed by atoms with Crippen molar-refractivity contribution in [1.29, 1.82) is 0 Å². The van der Waals surface area contributed by atoms with Crippen LogP contribution < -0.4 is 10.5 Å². The van der Waals surface area contributed by atoms with Gasteiger partial charge in [-0.2, -0.15) is 0 Å². The summed E-state index contributed by atoms with van der Waals surface area (Å²) in [5.74, 6) is 1.42. The van der Waals surface area contributed by atoms with Gasteiger partial charge in [0.25, 0.3) is 0 Å². The molecule has 2 aromatic rings. The number of unbranched alkanes of at least 4 members (excludes halogenated alkanes) is 1. The van der Waals surface area contributed by atoms with E-state index < -0.39 is 10.0 Å². The molecular formula is C21H32N4O3S2.